The van der Waals surface area contributed by atoms with E-state index in [1.54, 1.807) is 19.2 Å². The molecule has 0 bridgehead atoms. The third-order valence-electron chi connectivity index (χ3n) is 3.09. The lowest BCUT2D eigenvalue weighted by Crippen LogP contribution is -2.40. The van der Waals surface area contributed by atoms with E-state index in [9.17, 15) is 13.2 Å². The minimum Gasteiger partial charge on any atom is -0.378 e. The van der Waals surface area contributed by atoms with Crippen molar-refractivity contribution in [1.82, 2.24) is 15.0 Å². The van der Waals surface area contributed by atoms with Crippen molar-refractivity contribution >= 4 is 27.4 Å². The number of urea groups is 1. The third-order valence-corrected chi connectivity index (χ3v) is 5.31. The fourth-order valence-electron chi connectivity index (χ4n) is 1.89. The zero-order chi connectivity index (χ0) is 17.6. The van der Waals surface area contributed by atoms with Crippen molar-refractivity contribution < 1.29 is 17.9 Å². The smallest absolute Gasteiger partial charge is 0.328 e. The van der Waals surface area contributed by atoms with Crippen LogP contribution in [0.25, 0.3) is 0 Å². The maximum Gasteiger partial charge on any atom is 0.328 e. The first-order chi connectivity index (χ1) is 11.4. The second-order valence-corrected chi connectivity index (χ2v) is 7.72. The molecule has 0 spiro atoms. The molecule has 0 saturated heterocycles. The zero-order valence-corrected chi connectivity index (χ0v) is 15.0. The lowest BCUT2D eigenvalue weighted by atomic mass is 10.2. The summed E-state index contributed by atoms with van der Waals surface area (Å²) in [6.45, 7) is 2.59. The Balaban J connectivity index is 1.83. The molecule has 24 heavy (non-hydrogen) atoms. The second kappa shape index (κ2) is 8.22. The number of carbonyl (C=O) groups is 1. The SMILES string of the molecule is COCc1nc(CCNC(=O)NS(=O)(=O)c2ccc(C)cc2)cs1. The van der Waals surface area contributed by atoms with Gasteiger partial charge in [0, 0.05) is 25.5 Å². The highest BCUT2D eigenvalue weighted by Crippen LogP contribution is 2.11. The number of nitrogens with zero attached hydrogens (tertiary/aromatic N) is 1. The molecule has 7 nitrogen and oxygen atoms in total. The molecule has 2 aromatic rings. The fourth-order valence-corrected chi connectivity index (χ4v) is 3.62. The molecule has 0 saturated carbocycles. The number of aromatic nitrogens is 1. The molecule has 1 aromatic carbocycles. The summed E-state index contributed by atoms with van der Waals surface area (Å²) in [6, 6.07) is 5.50. The number of nitrogens with one attached hydrogen (secondary N) is 2. The number of carbonyl (C=O) groups excluding carboxylic acids is 1. The van der Waals surface area contributed by atoms with Crippen LogP contribution in [0.3, 0.4) is 0 Å². The van der Waals surface area contributed by atoms with Gasteiger partial charge in [-0.25, -0.2) is 22.9 Å². The van der Waals surface area contributed by atoms with Crippen LogP contribution in [0.4, 0.5) is 4.79 Å². The summed E-state index contributed by atoms with van der Waals surface area (Å²) >= 11 is 1.48. The number of hydrogen-bond acceptors (Lipinski definition) is 6. The Kier molecular flexibility index (Phi) is 6.29. The standard InChI is InChI=1S/C15H19N3O4S2/c1-11-3-5-13(6-4-11)24(20,21)18-15(19)16-8-7-12-10-23-14(17-12)9-22-2/h3-6,10H,7-9H2,1-2H3,(H2,16,18,19). The van der Waals surface area contributed by atoms with Crippen LogP contribution in [-0.4, -0.2) is 33.1 Å². The van der Waals surface area contributed by atoms with E-state index in [0.29, 0.717) is 13.0 Å². The molecule has 0 aliphatic carbocycles. The first-order valence-electron chi connectivity index (χ1n) is 7.20. The van der Waals surface area contributed by atoms with Crippen molar-refractivity contribution in [2.24, 2.45) is 0 Å². The molecule has 2 N–H and O–H groups in total. The van der Waals surface area contributed by atoms with Crippen LogP contribution < -0.4 is 10.0 Å². The number of rotatable bonds is 7. The van der Waals surface area contributed by atoms with Crippen LogP contribution in [0.1, 0.15) is 16.3 Å². The van der Waals surface area contributed by atoms with Gasteiger partial charge >= 0.3 is 6.03 Å². The molecular weight excluding hydrogens is 350 g/mol. The Bertz CT molecular complexity index is 785. The van der Waals surface area contributed by atoms with E-state index >= 15 is 0 Å². The molecule has 0 aliphatic rings. The average molecular weight is 369 g/mol. The normalized spacial score (nSPS) is 11.2. The van der Waals surface area contributed by atoms with Crippen LogP contribution >= 0.6 is 11.3 Å². The Morgan fingerprint density at radius 3 is 2.67 bits per heavy atom. The summed E-state index contributed by atoms with van der Waals surface area (Å²) in [4.78, 5) is 16.1. The summed E-state index contributed by atoms with van der Waals surface area (Å²) in [7, 11) is -2.27. The van der Waals surface area contributed by atoms with Gasteiger partial charge in [0.05, 0.1) is 17.2 Å². The van der Waals surface area contributed by atoms with Crippen LogP contribution in [0, 0.1) is 6.92 Å². The number of aryl methyl sites for hydroxylation is 1. The van der Waals surface area contributed by atoms with Gasteiger partial charge in [-0.05, 0) is 19.1 Å². The van der Waals surface area contributed by atoms with Gasteiger partial charge in [0.2, 0.25) is 0 Å². The van der Waals surface area contributed by atoms with Gasteiger partial charge in [0.1, 0.15) is 5.01 Å². The van der Waals surface area contributed by atoms with Crippen molar-refractivity contribution in [3.05, 3.63) is 45.9 Å². The largest absolute Gasteiger partial charge is 0.378 e. The minimum absolute atomic E-state index is 0.0481. The Morgan fingerprint density at radius 2 is 2.00 bits per heavy atom. The van der Waals surface area contributed by atoms with Gasteiger partial charge in [-0.3, -0.25) is 0 Å². The Morgan fingerprint density at radius 1 is 1.29 bits per heavy atom. The summed E-state index contributed by atoms with van der Waals surface area (Å²) < 4.78 is 31.1. The highest BCUT2D eigenvalue weighted by atomic mass is 32.2. The van der Waals surface area contributed by atoms with Crippen LogP contribution in [0.5, 0.6) is 0 Å². The number of methoxy groups -OCH3 is 1. The molecular formula is C15H19N3O4S2. The highest BCUT2D eigenvalue weighted by Gasteiger charge is 2.17. The van der Waals surface area contributed by atoms with E-state index in [0.717, 1.165) is 16.3 Å². The minimum atomic E-state index is -3.87. The molecule has 0 radical (unpaired) electrons. The molecule has 2 rings (SSSR count). The molecule has 0 fully saturated rings. The topological polar surface area (TPSA) is 97.4 Å². The van der Waals surface area contributed by atoms with Gasteiger partial charge in [0.15, 0.2) is 0 Å². The number of benzene rings is 1. The summed E-state index contributed by atoms with van der Waals surface area (Å²) in [5.74, 6) is 0. The summed E-state index contributed by atoms with van der Waals surface area (Å²) in [6.07, 6.45) is 0.512. The van der Waals surface area contributed by atoms with Gasteiger partial charge < -0.3 is 10.1 Å². The number of sulfonamides is 1. The first kappa shape index (κ1) is 18.4. The number of ether oxygens (including phenoxy) is 1. The monoisotopic (exact) mass is 369 g/mol. The number of thiazole rings is 1. The van der Waals surface area contributed by atoms with Crippen molar-refractivity contribution in [3.8, 4) is 0 Å². The van der Waals surface area contributed by atoms with Crippen LogP contribution in [0.2, 0.25) is 0 Å². The van der Waals surface area contributed by atoms with Crippen molar-refractivity contribution in [3.63, 3.8) is 0 Å². The van der Waals surface area contributed by atoms with Crippen molar-refractivity contribution in [1.29, 1.82) is 0 Å². The Labute approximate surface area is 145 Å². The molecule has 1 heterocycles. The molecule has 130 valence electrons. The van der Waals surface area contributed by atoms with E-state index < -0.39 is 16.1 Å². The maximum absolute atomic E-state index is 12.1. The lowest BCUT2D eigenvalue weighted by molar-refractivity contribution is 0.184. The van der Waals surface area contributed by atoms with E-state index in [1.165, 1.54) is 23.5 Å². The maximum atomic E-state index is 12.1. The molecule has 0 unspecified atom stereocenters. The third kappa shape index (κ3) is 5.29. The fraction of sp³-hybridized carbons (Fsp3) is 0.333. The van der Waals surface area contributed by atoms with Gasteiger partial charge in [-0.15, -0.1) is 11.3 Å². The van der Waals surface area contributed by atoms with Crippen LogP contribution in [-0.2, 0) is 27.8 Å². The molecule has 1 aromatic heterocycles. The zero-order valence-electron chi connectivity index (χ0n) is 13.4. The van der Waals surface area contributed by atoms with E-state index in [-0.39, 0.29) is 11.4 Å². The second-order valence-electron chi connectivity index (χ2n) is 5.09. The Hall–Kier alpha value is -1.97. The lowest BCUT2D eigenvalue weighted by Gasteiger charge is -2.08. The molecule has 2 amide bonds. The average Bonchev–Trinajstić information content (AvgIpc) is 2.95. The summed E-state index contributed by atoms with van der Waals surface area (Å²) in [5, 5.41) is 5.26. The molecule has 0 atom stereocenters. The summed E-state index contributed by atoms with van der Waals surface area (Å²) in [5.41, 5.74) is 1.77. The molecule has 9 heteroatoms. The van der Waals surface area contributed by atoms with Gasteiger partial charge in [-0.1, -0.05) is 17.7 Å². The predicted molar refractivity (Wildman–Crippen MR) is 91.4 cm³/mol. The van der Waals surface area contributed by atoms with Crippen LogP contribution in [0.15, 0.2) is 34.5 Å². The van der Waals surface area contributed by atoms with Crippen molar-refractivity contribution in [2.45, 2.75) is 24.8 Å². The van der Waals surface area contributed by atoms with E-state index in [1.807, 2.05) is 17.0 Å². The highest BCUT2D eigenvalue weighted by molar-refractivity contribution is 7.90. The van der Waals surface area contributed by atoms with Gasteiger partial charge in [0.25, 0.3) is 10.0 Å². The van der Waals surface area contributed by atoms with Gasteiger partial charge in [-0.2, -0.15) is 0 Å². The van der Waals surface area contributed by atoms with E-state index in [2.05, 4.69) is 10.3 Å². The van der Waals surface area contributed by atoms with E-state index in [4.69, 9.17) is 4.74 Å². The number of amides is 2. The number of hydrogen-bond donors (Lipinski definition) is 2. The van der Waals surface area contributed by atoms with Crippen molar-refractivity contribution in [2.75, 3.05) is 13.7 Å². The molecule has 0 aliphatic heterocycles. The predicted octanol–water partition coefficient (Wildman–Crippen LogP) is 1.83. The first-order valence-corrected chi connectivity index (χ1v) is 9.56. The quantitative estimate of drug-likeness (QED) is 0.776.